The molecule has 0 aliphatic heterocycles. The van der Waals surface area contributed by atoms with Crippen LogP contribution in [0, 0.1) is 24.7 Å². The number of hydrogen-bond acceptors (Lipinski definition) is 3. The van der Waals surface area contributed by atoms with Crippen LogP contribution in [0.3, 0.4) is 0 Å². The summed E-state index contributed by atoms with van der Waals surface area (Å²) in [6, 6.07) is 25.1. The molecule has 0 aliphatic rings. The van der Waals surface area contributed by atoms with Crippen molar-refractivity contribution in [2.45, 2.75) is 126 Å². The summed E-state index contributed by atoms with van der Waals surface area (Å²) in [4.78, 5) is 0. The molecule has 3 atom stereocenters. The number of halogens is 1. The van der Waals surface area contributed by atoms with Crippen LogP contribution < -0.4 is 14.2 Å². The molecule has 4 rings (SSSR count). The Kier molecular flexibility index (Phi) is 21.5. The standard InChI is InChI=1S/C18H24O.C15H24O.C14H21ClO/c1-4-5-8-14(2)13-17-16-10-7-6-9-15(16)11-12-18(17)19-3;1-5-6-7-12(2)10-14-11-13(3)8-9-15(14)16-4;1-4-5-6-11(2)9-12-10-13(15)7-8-14(12)16-3/h6-7,9-12,14H,4-5,8,13H2,1-3H3;8-9,11-12H,5-7,10H2,1-4H3;7-8,10-11H,4-6,9H2,1-3H3. The molecule has 0 saturated heterocycles. The van der Waals surface area contributed by atoms with Gasteiger partial charge in [0, 0.05) is 10.6 Å². The molecule has 0 radical (unpaired) electrons. The van der Waals surface area contributed by atoms with E-state index >= 15 is 0 Å². The lowest BCUT2D eigenvalue weighted by atomic mass is 9.92. The maximum atomic E-state index is 6.01. The van der Waals surface area contributed by atoms with Gasteiger partial charge >= 0.3 is 0 Å². The molecule has 3 unspecified atom stereocenters. The first-order chi connectivity index (χ1) is 24.6. The molecule has 0 fully saturated rings. The second-order valence-electron chi connectivity index (χ2n) is 14.6. The zero-order valence-corrected chi connectivity index (χ0v) is 34.5. The maximum Gasteiger partial charge on any atom is 0.122 e. The van der Waals surface area contributed by atoms with Gasteiger partial charge in [-0.1, -0.05) is 159 Å². The summed E-state index contributed by atoms with van der Waals surface area (Å²) in [5, 5.41) is 3.43. The monoisotopic (exact) mass is 716 g/mol. The molecule has 0 spiro atoms. The van der Waals surface area contributed by atoms with Gasteiger partial charge in [-0.3, -0.25) is 0 Å². The van der Waals surface area contributed by atoms with Crippen LogP contribution in [-0.2, 0) is 19.3 Å². The molecular weight excluding hydrogens is 648 g/mol. The summed E-state index contributed by atoms with van der Waals surface area (Å²) in [6.45, 7) is 15.8. The van der Waals surface area contributed by atoms with Crippen molar-refractivity contribution in [1.29, 1.82) is 0 Å². The lowest BCUT2D eigenvalue weighted by molar-refractivity contribution is 0.402. The average molecular weight is 718 g/mol. The normalized spacial score (nSPS) is 12.5. The molecule has 4 heteroatoms. The van der Waals surface area contributed by atoms with Crippen molar-refractivity contribution in [3.05, 3.63) is 100 Å². The fourth-order valence-electron chi connectivity index (χ4n) is 6.75. The first-order valence-corrected chi connectivity index (χ1v) is 20.0. The SMILES string of the molecule is CCCCC(C)Cc1c(OC)ccc2ccccc12.CCCCC(C)Cc1cc(C)ccc1OC.CCCCC(C)Cc1cc(Cl)ccc1OC. The highest BCUT2D eigenvalue weighted by molar-refractivity contribution is 6.30. The van der Waals surface area contributed by atoms with E-state index in [1.807, 2.05) is 18.2 Å². The van der Waals surface area contributed by atoms with Gasteiger partial charge in [-0.05, 0) is 96.2 Å². The van der Waals surface area contributed by atoms with E-state index in [4.69, 9.17) is 25.8 Å². The van der Waals surface area contributed by atoms with Gasteiger partial charge in [0.1, 0.15) is 17.2 Å². The number of unbranched alkanes of at least 4 members (excludes halogenated alkanes) is 3. The third kappa shape index (κ3) is 15.9. The Bertz CT molecular complexity index is 1460. The fraction of sp³-hybridized carbons (Fsp3) is 0.532. The predicted octanol–water partition coefficient (Wildman–Crippen LogP) is 14.3. The van der Waals surface area contributed by atoms with E-state index in [1.54, 1.807) is 21.3 Å². The van der Waals surface area contributed by atoms with Gasteiger partial charge in [-0.2, -0.15) is 0 Å². The topological polar surface area (TPSA) is 27.7 Å². The average Bonchev–Trinajstić information content (AvgIpc) is 3.13. The third-order valence-electron chi connectivity index (χ3n) is 9.74. The highest BCUT2D eigenvalue weighted by atomic mass is 35.5. The second-order valence-corrected chi connectivity index (χ2v) is 15.0. The van der Waals surface area contributed by atoms with Crippen LogP contribution in [0.1, 0.15) is 122 Å². The van der Waals surface area contributed by atoms with Crippen molar-refractivity contribution in [2.75, 3.05) is 21.3 Å². The van der Waals surface area contributed by atoms with Crippen LogP contribution >= 0.6 is 11.6 Å². The van der Waals surface area contributed by atoms with Crippen LogP contribution in [0.4, 0.5) is 0 Å². The molecule has 0 heterocycles. The number of methoxy groups -OCH3 is 3. The summed E-state index contributed by atoms with van der Waals surface area (Å²) in [5.41, 5.74) is 5.26. The Balaban J connectivity index is 0.000000267. The highest BCUT2D eigenvalue weighted by Gasteiger charge is 2.13. The van der Waals surface area contributed by atoms with Gasteiger partial charge in [0.2, 0.25) is 0 Å². The van der Waals surface area contributed by atoms with Crippen molar-refractivity contribution in [2.24, 2.45) is 17.8 Å². The summed E-state index contributed by atoms with van der Waals surface area (Å²) in [6.07, 6.45) is 14.9. The summed E-state index contributed by atoms with van der Waals surface area (Å²) in [7, 11) is 5.23. The zero-order valence-electron chi connectivity index (χ0n) is 33.7. The molecule has 4 aromatic rings. The minimum atomic E-state index is 0.687. The number of ether oxygens (including phenoxy) is 3. The number of fused-ring (bicyclic) bond motifs is 1. The van der Waals surface area contributed by atoms with Crippen molar-refractivity contribution in [3.8, 4) is 17.2 Å². The first kappa shape index (κ1) is 44.0. The van der Waals surface area contributed by atoms with Gasteiger partial charge in [0.25, 0.3) is 0 Å². The van der Waals surface area contributed by atoms with Crippen LogP contribution in [0.5, 0.6) is 17.2 Å². The van der Waals surface area contributed by atoms with E-state index in [2.05, 4.69) is 103 Å². The van der Waals surface area contributed by atoms with E-state index in [0.29, 0.717) is 11.8 Å². The molecule has 0 aliphatic carbocycles. The van der Waals surface area contributed by atoms with Crippen molar-refractivity contribution in [3.63, 3.8) is 0 Å². The highest BCUT2D eigenvalue weighted by Crippen LogP contribution is 2.31. The van der Waals surface area contributed by atoms with Crippen molar-refractivity contribution in [1.82, 2.24) is 0 Å². The Morgan fingerprint density at radius 3 is 1.55 bits per heavy atom. The van der Waals surface area contributed by atoms with Crippen LogP contribution in [0.25, 0.3) is 10.8 Å². The van der Waals surface area contributed by atoms with E-state index in [1.165, 1.54) is 90.8 Å². The number of hydrogen-bond donors (Lipinski definition) is 0. The van der Waals surface area contributed by atoms with E-state index in [0.717, 1.165) is 47.5 Å². The summed E-state index contributed by atoms with van der Waals surface area (Å²) < 4.78 is 16.3. The minimum absolute atomic E-state index is 0.687. The fourth-order valence-corrected chi connectivity index (χ4v) is 6.95. The number of benzene rings is 4. The minimum Gasteiger partial charge on any atom is -0.496 e. The molecule has 0 amide bonds. The maximum absolute atomic E-state index is 6.01. The van der Waals surface area contributed by atoms with Crippen molar-refractivity contribution >= 4 is 22.4 Å². The zero-order chi connectivity index (χ0) is 37.6. The second kappa shape index (κ2) is 24.9. The van der Waals surface area contributed by atoms with Crippen LogP contribution in [0.2, 0.25) is 5.02 Å². The molecular formula is C47H69ClO3. The number of rotatable bonds is 18. The van der Waals surface area contributed by atoms with Gasteiger partial charge in [0.05, 0.1) is 21.3 Å². The van der Waals surface area contributed by atoms with E-state index < -0.39 is 0 Å². The Labute approximate surface area is 317 Å². The van der Waals surface area contributed by atoms with Gasteiger partial charge in [-0.15, -0.1) is 0 Å². The predicted molar refractivity (Wildman–Crippen MR) is 223 cm³/mol. The lowest BCUT2D eigenvalue weighted by Crippen LogP contribution is -2.02. The molecule has 4 aromatic carbocycles. The smallest absolute Gasteiger partial charge is 0.122 e. The van der Waals surface area contributed by atoms with E-state index in [9.17, 15) is 0 Å². The van der Waals surface area contributed by atoms with E-state index in [-0.39, 0.29) is 0 Å². The third-order valence-corrected chi connectivity index (χ3v) is 9.97. The lowest BCUT2D eigenvalue weighted by Gasteiger charge is -2.16. The van der Waals surface area contributed by atoms with Gasteiger partial charge in [-0.25, -0.2) is 0 Å². The molecule has 0 saturated carbocycles. The molecule has 3 nitrogen and oxygen atoms in total. The quantitative estimate of drug-likeness (QED) is 0.103. The Morgan fingerprint density at radius 1 is 0.549 bits per heavy atom. The van der Waals surface area contributed by atoms with Gasteiger partial charge < -0.3 is 14.2 Å². The summed E-state index contributed by atoms with van der Waals surface area (Å²) in [5.74, 6) is 5.16. The molecule has 282 valence electrons. The first-order valence-electron chi connectivity index (χ1n) is 19.6. The molecule has 0 N–H and O–H groups in total. The molecule has 51 heavy (non-hydrogen) atoms. The largest absolute Gasteiger partial charge is 0.496 e. The van der Waals surface area contributed by atoms with Crippen LogP contribution in [0.15, 0.2) is 72.8 Å². The number of aryl methyl sites for hydroxylation is 1. The van der Waals surface area contributed by atoms with Crippen molar-refractivity contribution < 1.29 is 14.2 Å². The van der Waals surface area contributed by atoms with Crippen LogP contribution in [-0.4, -0.2) is 21.3 Å². The van der Waals surface area contributed by atoms with Gasteiger partial charge in [0.15, 0.2) is 0 Å². The Morgan fingerprint density at radius 2 is 1.02 bits per heavy atom. The summed E-state index contributed by atoms with van der Waals surface area (Å²) >= 11 is 6.01. The molecule has 0 aromatic heterocycles. The Hall–Kier alpha value is -3.17. The molecule has 0 bridgehead atoms.